The summed E-state index contributed by atoms with van der Waals surface area (Å²) in [6.45, 7) is 1.79. The number of nitrogens with one attached hydrogen (secondary N) is 2. The van der Waals surface area contributed by atoms with Crippen molar-refractivity contribution in [2.75, 3.05) is 16.8 Å². The van der Waals surface area contributed by atoms with Gasteiger partial charge in [0.05, 0.1) is 27.5 Å². The summed E-state index contributed by atoms with van der Waals surface area (Å²) < 4.78 is 5.92. The van der Waals surface area contributed by atoms with Crippen molar-refractivity contribution in [1.29, 1.82) is 0 Å². The number of aryl methyl sites for hydroxylation is 1. The number of nitro groups is 1. The summed E-state index contributed by atoms with van der Waals surface area (Å²) in [5.74, 6) is -1.69. The Balaban J connectivity index is 1.08. The van der Waals surface area contributed by atoms with Crippen molar-refractivity contribution in [3.05, 3.63) is 109 Å². The van der Waals surface area contributed by atoms with E-state index in [0.717, 1.165) is 27.5 Å². The smallest absolute Gasteiger partial charge is 0.305 e. The zero-order chi connectivity index (χ0) is 32.6. The van der Waals surface area contributed by atoms with Gasteiger partial charge in [-0.25, -0.2) is 0 Å². The fourth-order valence-electron chi connectivity index (χ4n) is 8.15. The molecule has 13 heteroatoms. The van der Waals surface area contributed by atoms with Gasteiger partial charge in [0.25, 0.3) is 11.6 Å². The number of aromatic nitrogens is 1. The lowest BCUT2D eigenvalue weighted by Crippen LogP contribution is -2.42. The van der Waals surface area contributed by atoms with Crippen LogP contribution in [0.25, 0.3) is 0 Å². The third-order valence-electron chi connectivity index (χ3n) is 9.97. The summed E-state index contributed by atoms with van der Waals surface area (Å²) >= 11 is 2.77. The summed E-state index contributed by atoms with van der Waals surface area (Å²) in [5, 5.41) is 14.8. The van der Waals surface area contributed by atoms with Crippen molar-refractivity contribution in [2.24, 2.45) is 29.6 Å². The topological polar surface area (TPSA) is 152 Å². The van der Waals surface area contributed by atoms with E-state index in [2.05, 4.69) is 10.3 Å². The monoisotopic (exact) mass is 668 g/mol. The van der Waals surface area contributed by atoms with E-state index in [4.69, 9.17) is 4.74 Å². The van der Waals surface area contributed by atoms with Crippen molar-refractivity contribution in [3.63, 3.8) is 0 Å². The number of rotatable bonds is 7. The summed E-state index contributed by atoms with van der Waals surface area (Å²) in [4.78, 5) is 68.7. The molecule has 3 heterocycles. The minimum atomic E-state index is -0.516. The van der Waals surface area contributed by atoms with Crippen LogP contribution >= 0.6 is 23.1 Å². The highest BCUT2D eigenvalue weighted by atomic mass is 32.2. The highest BCUT2D eigenvalue weighted by molar-refractivity contribution is 8.00. The molecular formula is C34H28N4O7S2. The van der Waals surface area contributed by atoms with Crippen molar-refractivity contribution in [2.45, 2.75) is 29.5 Å². The number of H-pyrrole nitrogens is 1. The molecule has 2 aliphatic heterocycles. The molecule has 2 N–H and O–H groups in total. The Morgan fingerprint density at radius 1 is 1.02 bits per heavy atom. The Labute approximate surface area is 276 Å². The fraction of sp³-hybridized carbons (Fsp3) is 0.294. The van der Waals surface area contributed by atoms with Gasteiger partial charge >= 0.3 is 4.87 Å². The number of nitrogens with zero attached hydrogens (tertiary/aromatic N) is 2. The van der Waals surface area contributed by atoms with Crippen LogP contribution in [0.1, 0.15) is 28.3 Å². The van der Waals surface area contributed by atoms with Gasteiger partial charge in [-0.3, -0.25) is 34.2 Å². The standard InChI is InChI=1S/C34H28N4O7S2/c1-16-5-7-18(8-6-16)35-24(39)15-45-21-4-2-3-17(13-21)25-26-22-14-23(29(26)46-31-30(25)47-34(42)36-31)28-27(22)32(40)37(33(28)41)19-9-11-20(12-10-19)38(43)44/h2-13,22-23,25-29H,14-15H2,1H3,(H,35,39)(H,36,42)/t22?,23?,25-,26?,27?,28?,29?/m1/s1. The van der Waals surface area contributed by atoms with E-state index in [0.29, 0.717) is 17.1 Å². The molecule has 8 rings (SSSR count). The van der Waals surface area contributed by atoms with Gasteiger partial charge in [0.15, 0.2) is 6.61 Å². The number of carbonyl (C=O) groups excluding carboxylic acids is 3. The first-order valence-electron chi connectivity index (χ1n) is 15.3. The number of thiazole rings is 1. The van der Waals surface area contributed by atoms with Crippen LogP contribution in [0.15, 0.2) is 82.6 Å². The number of anilines is 2. The van der Waals surface area contributed by atoms with Gasteiger partial charge in [0.1, 0.15) is 5.75 Å². The number of thioether (sulfide) groups is 1. The average molecular weight is 669 g/mol. The van der Waals surface area contributed by atoms with E-state index >= 15 is 0 Å². The van der Waals surface area contributed by atoms with Gasteiger partial charge in [-0.05, 0) is 73.1 Å². The average Bonchev–Trinajstić information content (AvgIpc) is 3.80. The number of benzene rings is 3. The van der Waals surface area contributed by atoms with Crippen LogP contribution in [-0.2, 0) is 14.4 Å². The van der Waals surface area contributed by atoms with Gasteiger partial charge in [-0.15, -0.1) is 11.8 Å². The van der Waals surface area contributed by atoms with E-state index in [-0.39, 0.29) is 63.8 Å². The molecule has 6 unspecified atom stereocenters. The number of hydrogen-bond donors (Lipinski definition) is 2. The molecule has 0 radical (unpaired) electrons. The lowest BCUT2D eigenvalue weighted by molar-refractivity contribution is -0.384. The van der Waals surface area contributed by atoms with Crippen molar-refractivity contribution < 1.29 is 24.0 Å². The quantitative estimate of drug-likeness (QED) is 0.152. The van der Waals surface area contributed by atoms with Crippen LogP contribution in [0.5, 0.6) is 5.75 Å². The zero-order valence-electron chi connectivity index (χ0n) is 25.0. The summed E-state index contributed by atoms with van der Waals surface area (Å²) in [7, 11) is 0. The molecule has 3 fully saturated rings. The molecule has 3 aromatic carbocycles. The number of carbonyl (C=O) groups is 3. The highest BCUT2D eigenvalue weighted by Crippen LogP contribution is 2.68. The van der Waals surface area contributed by atoms with E-state index in [1.54, 1.807) is 17.8 Å². The molecule has 0 spiro atoms. The molecule has 238 valence electrons. The first-order chi connectivity index (χ1) is 22.7. The lowest BCUT2D eigenvalue weighted by Gasteiger charge is -2.43. The molecule has 7 atom stereocenters. The third kappa shape index (κ3) is 4.87. The van der Waals surface area contributed by atoms with Gasteiger partial charge in [0, 0.05) is 33.9 Å². The number of fused-ring (bicyclic) bond motifs is 9. The van der Waals surface area contributed by atoms with Crippen LogP contribution in [0.2, 0.25) is 0 Å². The Hall–Kier alpha value is -4.75. The molecule has 11 nitrogen and oxygen atoms in total. The molecule has 2 aliphatic carbocycles. The van der Waals surface area contributed by atoms with E-state index in [9.17, 15) is 29.3 Å². The second kappa shape index (κ2) is 11.2. The van der Waals surface area contributed by atoms with Crippen molar-refractivity contribution in [1.82, 2.24) is 4.98 Å². The molecule has 3 amide bonds. The molecule has 47 heavy (non-hydrogen) atoms. The van der Waals surface area contributed by atoms with Crippen LogP contribution in [-0.4, -0.2) is 39.5 Å². The summed E-state index contributed by atoms with van der Waals surface area (Å²) in [6, 6.07) is 20.6. The largest absolute Gasteiger partial charge is 0.484 e. The normalized spacial score (nSPS) is 26.9. The fourth-order valence-corrected chi connectivity index (χ4v) is 11.0. The first kappa shape index (κ1) is 29.6. The number of non-ortho nitro benzene ring substituents is 1. The Bertz CT molecular complexity index is 2010. The number of aromatic amines is 1. The zero-order valence-corrected chi connectivity index (χ0v) is 26.6. The van der Waals surface area contributed by atoms with E-state index < -0.39 is 16.8 Å². The number of ether oxygens (including phenoxy) is 1. The Morgan fingerprint density at radius 2 is 1.74 bits per heavy atom. The molecule has 1 saturated heterocycles. The maximum absolute atomic E-state index is 14.0. The lowest BCUT2D eigenvalue weighted by atomic mass is 9.68. The molecule has 1 aromatic heterocycles. The van der Waals surface area contributed by atoms with Gasteiger partial charge in [-0.2, -0.15) is 0 Å². The highest BCUT2D eigenvalue weighted by Gasteiger charge is 2.69. The van der Waals surface area contributed by atoms with Gasteiger partial charge < -0.3 is 15.0 Å². The molecular weight excluding hydrogens is 641 g/mol. The molecule has 4 aromatic rings. The van der Waals surface area contributed by atoms with Crippen LogP contribution in [0.4, 0.5) is 17.1 Å². The van der Waals surface area contributed by atoms with Crippen LogP contribution < -0.4 is 19.8 Å². The Kier molecular flexibility index (Phi) is 7.06. The van der Waals surface area contributed by atoms with E-state index in [1.165, 1.54) is 40.5 Å². The number of amides is 3. The number of nitro benzene ring substituents is 1. The SMILES string of the molecule is Cc1ccc(NC(=O)COc2cccc([C@H]3c4sc(=O)[nH]c4SC4C5CC(C6C(=O)N(c7ccc([N+](=O)[O-])cc7)C(=O)C56)C43)c2)cc1. The minimum Gasteiger partial charge on any atom is -0.484 e. The second-order valence-corrected chi connectivity index (χ2v) is 14.7. The predicted octanol–water partition coefficient (Wildman–Crippen LogP) is 5.35. The van der Waals surface area contributed by atoms with Crippen LogP contribution in [0, 0.1) is 46.6 Å². The predicted molar refractivity (Wildman–Crippen MR) is 176 cm³/mol. The Morgan fingerprint density at radius 3 is 2.47 bits per heavy atom. The molecule has 2 saturated carbocycles. The van der Waals surface area contributed by atoms with Crippen molar-refractivity contribution >= 4 is 57.9 Å². The first-order valence-corrected chi connectivity index (χ1v) is 17.0. The van der Waals surface area contributed by atoms with E-state index in [1.807, 2.05) is 49.4 Å². The maximum Gasteiger partial charge on any atom is 0.305 e. The van der Waals surface area contributed by atoms with Crippen LogP contribution in [0.3, 0.4) is 0 Å². The van der Waals surface area contributed by atoms with Gasteiger partial charge in [0.2, 0.25) is 11.8 Å². The third-order valence-corrected chi connectivity index (χ3v) is 12.6. The van der Waals surface area contributed by atoms with Crippen molar-refractivity contribution in [3.8, 4) is 5.75 Å². The molecule has 2 bridgehead atoms. The van der Waals surface area contributed by atoms with Gasteiger partial charge in [-0.1, -0.05) is 41.2 Å². The number of imide groups is 1. The summed E-state index contributed by atoms with van der Waals surface area (Å²) in [6.07, 6.45) is 0.730. The summed E-state index contributed by atoms with van der Waals surface area (Å²) in [5.41, 5.74) is 2.91. The number of hydrogen-bond acceptors (Lipinski definition) is 9. The minimum absolute atomic E-state index is 0.00224. The molecule has 4 aliphatic rings. The second-order valence-electron chi connectivity index (χ2n) is 12.5. The maximum atomic E-state index is 14.0.